The molecule has 0 aliphatic carbocycles. The average molecular weight is 338 g/mol. The number of hydrogen-bond donors (Lipinski definition) is 1. The third-order valence-corrected chi connectivity index (χ3v) is 4.18. The van der Waals surface area contributed by atoms with Gasteiger partial charge in [-0.2, -0.15) is 0 Å². The van der Waals surface area contributed by atoms with E-state index in [0.717, 1.165) is 38.7 Å². The molecule has 1 heterocycles. The van der Waals surface area contributed by atoms with Gasteiger partial charge in [-0.1, -0.05) is 40.7 Å². The van der Waals surface area contributed by atoms with Crippen LogP contribution in [0.4, 0.5) is 5.82 Å². The van der Waals surface area contributed by atoms with Crippen LogP contribution >= 0.6 is 27.7 Å². The van der Waals surface area contributed by atoms with Gasteiger partial charge in [0.2, 0.25) is 0 Å². The number of benzene rings is 1. The fraction of sp³-hybridized carbons (Fsp3) is 0.286. The molecule has 2 aromatic rings. The van der Waals surface area contributed by atoms with Crippen LogP contribution in [0.5, 0.6) is 0 Å². The van der Waals surface area contributed by atoms with Crippen LogP contribution in [0.1, 0.15) is 18.9 Å². The molecule has 1 aromatic carbocycles. The van der Waals surface area contributed by atoms with Gasteiger partial charge in [0.25, 0.3) is 0 Å². The van der Waals surface area contributed by atoms with Crippen LogP contribution < -0.4 is 5.32 Å². The highest BCUT2D eigenvalue weighted by Gasteiger charge is 2.08. The molecule has 0 atom stereocenters. The Morgan fingerprint density at radius 1 is 1.32 bits per heavy atom. The Morgan fingerprint density at radius 2 is 2.16 bits per heavy atom. The van der Waals surface area contributed by atoms with Gasteiger partial charge in [-0.3, -0.25) is 0 Å². The Morgan fingerprint density at radius 3 is 2.89 bits per heavy atom. The van der Waals surface area contributed by atoms with Crippen LogP contribution in [0.3, 0.4) is 0 Å². The lowest BCUT2D eigenvalue weighted by Crippen LogP contribution is -2.05. The summed E-state index contributed by atoms with van der Waals surface area (Å²) in [4.78, 5) is 9.82. The van der Waals surface area contributed by atoms with Crippen molar-refractivity contribution in [1.29, 1.82) is 0 Å². The molecule has 0 saturated carbocycles. The van der Waals surface area contributed by atoms with Gasteiger partial charge in [-0.25, -0.2) is 9.97 Å². The first-order valence-corrected chi connectivity index (χ1v) is 7.80. The summed E-state index contributed by atoms with van der Waals surface area (Å²) < 4.78 is 1.08. The van der Waals surface area contributed by atoms with Gasteiger partial charge < -0.3 is 5.32 Å². The Balaban J connectivity index is 2.20. The Hall–Kier alpha value is -1.07. The highest BCUT2D eigenvalue weighted by Crippen LogP contribution is 2.31. The van der Waals surface area contributed by atoms with E-state index < -0.39 is 0 Å². The largest absolute Gasteiger partial charge is 0.370 e. The van der Waals surface area contributed by atoms with Crippen molar-refractivity contribution in [2.45, 2.75) is 30.2 Å². The number of anilines is 1. The number of nitrogens with one attached hydrogen (secondary N) is 1. The summed E-state index contributed by atoms with van der Waals surface area (Å²) >= 11 is 5.14. The van der Waals surface area contributed by atoms with Crippen LogP contribution in [0, 0.1) is 6.92 Å². The lowest BCUT2D eigenvalue weighted by atomic mass is 10.3. The molecule has 0 bridgehead atoms. The number of nitrogens with zero attached hydrogens (tertiary/aromatic N) is 2. The van der Waals surface area contributed by atoms with Gasteiger partial charge in [0.1, 0.15) is 17.2 Å². The predicted octanol–water partition coefficient (Wildman–Crippen LogP) is 4.52. The molecule has 2 rings (SSSR count). The van der Waals surface area contributed by atoms with Crippen molar-refractivity contribution in [1.82, 2.24) is 9.97 Å². The van der Waals surface area contributed by atoms with Crippen molar-refractivity contribution in [3.05, 3.63) is 40.6 Å². The molecule has 19 heavy (non-hydrogen) atoms. The van der Waals surface area contributed by atoms with Crippen molar-refractivity contribution in [2.24, 2.45) is 0 Å². The summed E-state index contributed by atoms with van der Waals surface area (Å²) in [5, 5.41) is 4.32. The van der Waals surface area contributed by atoms with Crippen LogP contribution in [0.2, 0.25) is 0 Å². The second kappa shape index (κ2) is 6.91. The second-order valence-electron chi connectivity index (χ2n) is 4.14. The molecule has 0 unspecified atom stereocenters. The summed E-state index contributed by atoms with van der Waals surface area (Å²) in [6.07, 6.45) is 2.70. The van der Waals surface area contributed by atoms with E-state index in [1.807, 2.05) is 12.1 Å². The smallest absolute Gasteiger partial charge is 0.133 e. The Bertz CT molecular complexity index is 560. The predicted molar refractivity (Wildman–Crippen MR) is 83.8 cm³/mol. The number of rotatable bonds is 5. The zero-order valence-electron chi connectivity index (χ0n) is 11.0. The molecule has 1 N–H and O–H groups in total. The highest BCUT2D eigenvalue weighted by atomic mass is 79.9. The van der Waals surface area contributed by atoms with E-state index in [2.05, 4.69) is 57.2 Å². The molecule has 0 radical (unpaired) electrons. The first-order chi connectivity index (χ1) is 9.20. The summed E-state index contributed by atoms with van der Waals surface area (Å²) in [6, 6.07) is 8.21. The molecule has 0 aliphatic heterocycles. The maximum absolute atomic E-state index is 4.37. The van der Waals surface area contributed by atoms with Gasteiger partial charge in [0.05, 0.1) is 0 Å². The maximum atomic E-state index is 4.37. The van der Waals surface area contributed by atoms with Crippen molar-refractivity contribution in [3.8, 4) is 0 Å². The molecule has 0 amide bonds. The first kappa shape index (κ1) is 14.3. The summed E-state index contributed by atoms with van der Waals surface area (Å²) in [6.45, 7) is 5.12. The van der Waals surface area contributed by atoms with Crippen LogP contribution in [-0.2, 0) is 0 Å². The van der Waals surface area contributed by atoms with E-state index in [-0.39, 0.29) is 0 Å². The fourth-order valence-corrected chi connectivity index (χ4v) is 3.06. The van der Waals surface area contributed by atoms with Gasteiger partial charge in [-0.15, -0.1) is 0 Å². The van der Waals surface area contributed by atoms with E-state index in [0.29, 0.717) is 0 Å². The topological polar surface area (TPSA) is 37.8 Å². The van der Waals surface area contributed by atoms with Gasteiger partial charge >= 0.3 is 0 Å². The van der Waals surface area contributed by atoms with E-state index in [1.165, 1.54) is 0 Å². The fourth-order valence-electron chi connectivity index (χ4n) is 1.60. The number of hydrogen-bond acceptors (Lipinski definition) is 4. The molecule has 5 heteroatoms. The highest BCUT2D eigenvalue weighted by molar-refractivity contribution is 9.10. The van der Waals surface area contributed by atoms with Crippen molar-refractivity contribution < 1.29 is 0 Å². The molecule has 100 valence electrons. The van der Waals surface area contributed by atoms with Crippen molar-refractivity contribution in [2.75, 3.05) is 11.9 Å². The second-order valence-corrected chi connectivity index (χ2v) is 6.12. The lowest BCUT2D eigenvalue weighted by Gasteiger charge is -2.10. The molecular weight excluding hydrogens is 322 g/mol. The van der Waals surface area contributed by atoms with E-state index in [1.54, 1.807) is 18.1 Å². The third-order valence-electron chi connectivity index (χ3n) is 2.59. The first-order valence-electron chi connectivity index (χ1n) is 6.19. The average Bonchev–Trinajstić information content (AvgIpc) is 2.40. The Kier molecular flexibility index (Phi) is 5.22. The standard InChI is InChI=1S/C14H16BrN3S/c1-3-7-16-13-10(2)14(18-9-17-13)19-12-6-4-5-11(15)8-12/h4-6,8-9H,3,7H2,1-2H3,(H,16,17,18). The number of aromatic nitrogens is 2. The van der Waals surface area contributed by atoms with Gasteiger partial charge in [0.15, 0.2) is 0 Å². The number of halogens is 1. The molecule has 0 fully saturated rings. The van der Waals surface area contributed by atoms with E-state index in [4.69, 9.17) is 0 Å². The quantitative estimate of drug-likeness (QED) is 0.814. The minimum absolute atomic E-state index is 0.925. The lowest BCUT2D eigenvalue weighted by molar-refractivity contribution is 0.938. The monoisotopic (exact) mass is 337 g/mol. The van der Waals surface area contributed by atoms with Crippen molar-refractivity contribution >= 4 is 33.5 Å². The minimum atomic E-state index is 0.925. The normalized spacial score (nSPS) is 10.5. The van der Waals surface area contributed by atoms with Crippen LogP contribution in [0.25, 0.3) is 0 Å². The third kappa shape index (κ3) is 3.94. The molecular formula is C14H16BrN3S. The van der Waals surface area contributed by atoms with Gasteiger partial charge in [0, 0.05) is 21.5 Å². The van der Waals surface area contributed by atoms with Crippen LogP contribution in [0.15, 0.2) is 45.0 Å². The van der Waals surface area contributed by atoms with Crippen LogP contribution in [-0.4, -0.2) is 16.5 Å². The van der Waals surface area contributed by atoms with Crippen molar-refractivity contribution in [3.63, 3.8) is 0 Å². The van der Waals surface area contributed by atoms with E-state index in [9.17, 15) is 0 Å². The molecule has 0 aliphatic rings. The Labute approximate surface area is 126 Å². The zero-order valence-corrected chi connectivity index (χ0v) is 13.4. The summed E-state index contributed by atoms with van der Waals surface area (Å²) in [7, 11) is 0. The minimum Gasteiger partial charge on any atom is -0.370 e. The SMILES string of the molecule is CCCNc1ncnc(Sc2cccc(Br)c2)c1C. The molecule has 0 spiro atoms. The van der Waals surface area contributed by atoms with E-state index >= 15 is 0 Å². The molecule has 0 saturated heterocycles. The van der Waals surface area contributed by atoms with Gasteiger partial charge in [-0.05, 0) is 31.5 Å². The summed E-state index contributed by atoms with van der Waals surface area (Å²) in [5.74, 6) is 0.925. The molecule has 3 nitrogen and oxygen atoms in total. The summed E-state index contributed by atoms with van der Waals surface area (Å²) in [5.41, 5.74) is 1.10. The molecule has 1 aromatic heterocycles. The zero-order chi connectivity index (χ0) is 13.7. The maximum Gasteiger partial charge on any atom is 0.133 e.